The van der Waals surface area contributed by atoms with Crippen molar-refractivity contribution in [3.05, 3.63) is 71.4 Å². The van der Waals surface area contributed by atoms with E-state index in [1.807, 2.05) is 30.3 Å². The molecule has 0 atom stereocenters. The van der Waals surface area contributed by atoms with Gasteiger partial charge in [0.1, 0.15) is 6.10 Å². The van der Waals surface area contributed by atoms with Gasteiger partial charge in [-0.1, -0.05) is 42.5 Å². The molecule has 0 unspecified atom stereocenters. The second-order valence-electron chi connectivity index (χ2n) is 8.17. The fourth-order valence-electron chi connectivity index (χ4n) is 4.36. The lowest BCUT2D eigenvalue weighted by molar-refractivity contribution is 0.0569. The lowest BCUT2D eigenvalue weighted by Gasteiger charge is -2.41. The summed E-state index contributed by atoms with van der Waals surface area (Å²) in [5, 5.41) is 1.31. The number of likely N-dealkylation sites (tertiary alicyclic amines) is 1. The third kappa shape index (κ3) is 5.73. The summed E-state index contributed by atoms with van der Waals surface area (Å²) >= 11 is 0. The van der Waals surface area contributed by atoms with E-state index in [1.54, 1.807) is 28.6 Å². The van der Waals surface area contributed by atoms with Crippen molar-refractivity contribution >= 4 is 16.1 Å². The van der Waals surface area contributed by atoms with Crippen LogP contribution in [0.4, 0.5) is 4.39 Å². The van der Waals surface area contributed by atoms with Crippen molar-refractivity contribution in [1.29, 1.82) is 0 Å². The lowest BCUT2D eigenvalue weighted by atomic mass is 10.00. The highest BCUT2D eigenvalue weighted by molar-refractivity contribution is 7.92. The van der Waals surface area contributed by atoms with Gasteiger partial charge in [-0.2, -0.15) is 4.31 Å². The number of sulfonamides is 1. The molecule has 0 aromatic heterocycles. The van der Waals surface area contributed by atoms with Crippen LogP contribution in [0.2, 0.25) is 0 Å². The van der Waals surface area contributed by atoms with Gasteiger partial charge < -0.3 is 9.64 Å². The van der Waals surface area contributed by atoms with Gasteiger partial charge in [0.05, 0.1) is 0 Å². The van der Waals surface area contributed by atoms with Gasteiger partial charge in [-0.25, -0.2) is 12.8 Å². The summed E-state index contributed by atoms with van der Waals surface area (Å²) in [5.74, 6) is 0.00264. The van der Waals surface area contributed by atoms with Gasteiger partial charge >= 0.3 is 0 Å². The van der Waals surface area contributed by atoms with E-state index in [0.717, 1.165) is 44.3 Å². The van der Waals surface area contributed by atoms with Crippen LogP contribution in [0, 0.1) is 5.82 Å². The Morgan fingerprint density at radius 3 is 2.19 bits per heavy atom. The Morgan fingerprint density at radius 2 is 1.52 bits per heavy atom. The normalized spacial score (nSPS) is 20.3. The first-order valence-electron chi connectivity index (χ1n) is 10.9. The van der Waals surface area contributed by atoms with E-state index >= 15 is 0 Å². The zero-order valence-corrected chi connectivity index (χ0v) is 18.4. The number of ether oxygens (including phenoxy) is 1. The van der Waals surface area contributed by atoms with Gasteiger partial charge in [0, 0.05) is 37.6 Å². The van der Waals surface area contributed by atoms with Gasteiger partial charge in [-0.05, 0) is 49.5 Å². The van der Waals surface area contributed by atoms with Crippen LogP contribution in [0.3, 0.4) is 0 Å². The molecular weight excluding hydrogens is 415 g/mol. The molecule has 31 heavy (non-hydrogen) atoms. The molecule has 2 aliphatic rings. The van der Waals surface area contributed by atoms with Gasteiger partial charge in [-0.3, -0.25) is 0 Å². The number of benzene rings is 2. The summed E-state index contributed by atoms with van der Waals surface area (Å²) in [5.41, 5.74) is 0.876. The maximum atomic E-state index is 13.8. The molecule has 0 N–H and O–H groups in total. The Bertz CT molecular complexity index is 981. The minimum Gasteiger partial charge on any atom is -0.487 e. The number of hydrogen-bond acceptors (Lipinski definition) is 4. The summed E-state index contributed by atoms with van der Waals surface area (Å²) in [6, 6.07) is 16.4. The molecule has 0 saturated carbocycles. The minimum absolute atomic E-state index is 0.0248. The highest BCUT2D eigenvalue weighted by Gasteiger charge is 2.32. The van der Waals surface area contributed by atoms with Crippen molar-refractivity contribution in [3.63, 3.8) is 0 Å². The van der Waals surface area contributed by atoms with Crippen molar-refractivity contribution in [2.75, 3.05) is 26.2 Å². The number of hydrogen-bond donors (Lipinski definition) is 0. The molecule has 0 spiro atoms. The standard InChI is InChI=1S/C24H29FN2O3S/c25-23-8-4-5-9-24(23)30-22-12-15-26(16-13-22)21-10-17-27(18-11-21)31(28,29)19-14-20-6-2-1-3-7-20/h1-9,14,19,21-22H,10-13,15-18H2. The summed E-state index contributed by atoms with van der Waals surface area (Å²) in [4.78, 5) is 2.44. The minimum atomic E-state index is -3.40. The molecule has 2 fully saturated rings. The molecule has 5 nitrogen and oxygen atoms in total. The average molecular weight is 445 g/mol. The summed E-state index contributed by atoms with van der Waals surface area (Å²) < 4.78 is 46.6. The second kappa shape index (κ2) is 9.94. The SMILES string of the molecule is O=S(=O)(C=Cc1ccccc1)N1CCC(N2CCC(Oc3ccccc3F)CC2)CC1. The quantitative estimate of drug-likeness (QED) is 0.672. The Balaban J connectivity index is 1.25. The van der Waals surface area contributed by atoms with Crippen LogP contribution in [-0.4, -0.2) is 55.9 Å². The van der Waals surface area contributed by atoms with Crippen LogP contribution in [0.1, 0.15) is 31.2 Å². The van der Waals surface area contributed by atoms with Crippen molar-refractivity contribution in [2.45, 2.75) is 37.8 Å². The molecule has 166 valence electrons. The van der Waals surface area contributed by atoms with Crippen LogP contribution < -0.4 is 4.74 Å². The molecule has 0 amide bonds. The predicted octanol–water partition coefficient (Wildman–Crippen LogP) is 4.13. The highest BCUT2D eigenvalue weighted by Crippen LogP contribution is 2.26. The van der Waals surface area contributed by atoms with Crippen molar-refractivity contribution in [2.24, 2.45) is 0 Å². The van der Waals surface area contributed by atoms with Crippen LogP contribution in [0.25, 0.3) is 6.08 Å². The van der Waals surface area contributed by atoms with Crippen LogP contribution >= 0.6 is 0 Å². The molecule has 2 aliphatic heterocycles. The van der Waals surface area contributed by atoms with Gasteiger partial charge in [0.15, 0.2) is 11.6 Å². The Hall–Kier alpha value is -2.22. The maximum Gasteiger partial charge on any atom is 0.236 e. The van der Waals surface area contributed by atoms with Crippen LogP contribution in [0.15, 0.2) is 60.0 Å². The fraction of sp³-hybridized carbons (Fsp3) is 0.417. The molecule has 0 bridgehead atoms. The molecule has 2 aromatic rings. The third-order valence-corrected chi connectivity index (χ3v) is 7.70. The monoisotopic (exact) mass is 444 g/mol. The third-order valence-electron chi connectivity index (χ3n) is 6.14. The van der Waals surface area contributed by atoms with Crippen molar-refractivity contribution in [3.8, 4) is 5.75 Å². The summed E-state index contributed by atoms with van der Waals surface area (Å²) in [6.07, 6.45) is 5.05. The Morgan fingerprint density at radius 1 is 0.871 bits per heavy atom. The van der Waals surface area contributed by atoms with E-state index in [2.05, 4.69) is 4.90 Å². The Labute approximate surface area is 184 Å². The van der Waals surface area contributed by atoms with Gasteiger partial charge in [0.2, 0.25) is 10.0 Å². The zero-order chi connectivity index (χ0) is 21.7. The van der Waals surface area contributed by atoms with Crippen molar-refractivity contribution < 1.29 is 17.5 Å². The van der Waals surface area contributed by atoms with Crippen molar-refractivity contribution in [1.82, 2.24) is 9.21 Å². The largest absolute Gasteiger partial charge is 0.487 e. The van der Waals surface area contributed by atoms with Crippen LogP contribution in [0.5, 0.6) is 5.75 Å². The zero-order valence-electron chi connectivity index (χ0n) is 17.6. The lowest BCUT2D eigenvalue weighted by Crippen LogP contribution is -2.49. The Kier molecular flexibility index (Phi) is 7.05. The molecule has 2 aromatic carbocycles. The molecule has 2 heterocycles. The summed E-state index contributed by atoms with van der Waals surface area (Å²) in [6.45, 7) is 2.87. The topological polar surface area (TPSA) is 49.9 Å². The average Bonchev–Trinajstić information content (AvgIpc) is 2.81. The van der Waals surface area contributed by atoms with Crippen LogP contribution in [-0.2, 0) is 10.0 Å². The first-order chi connectivity index (χ1) is 15.0. The van der Waals surface area contributed by atoms with E-state index < -0.39 is 10.0 Å². The van der Waals surface area contributed by atoms with E-state index in [9.17, 15) is 12.8 Å². The first kappa shape index (κ1) is 22.0. The van der Waals surface area contributed by atoms with E-state index in [-0.39, 0.29) is 11.9 Å². The summed E-state index contributed by atoms with van der Waals surface area (Å²) in [7, 11) is -3.40. The second-order valence-corrected chi connectivity index (χ2v) is 9.99. The molecular formula is C24H29FN2O3S. The number of rotatable bonds is 6. The first-order valence-corrected chi connectivity index (χ1v) is 12.4. The molecule has 7 heteroatoms. The van der Waals surface area contributed by atoms with E-state index in [0.29, 0.717) is 24.9 Å². The van der Waals surface area contributed by atoms with E-state index in [4.69, 9.17) is 4.74 Å². The molecule has 0 radical (unpaired) electrons. The molecule has 2 saturated heterocycles. The van der Waals surface area contributed by atoms with Gasteiger partial charge in [-0.15, -0.1) is 0 Å². The molecule has 4 rings (SSSR count). The predicted molar refractivity (Wildman–Crippen MR) is 121 cm³/mol. The van der Waals surface area contributed by atoms with E-state index in [1.165, 1.54) is 11.5 Å². The fourth-order valence-corrected chi connectivity index (χ4v) is 5.58. The smallest absolute Gasteiger partial charge is 0.236 e. The maximum absolute atomic E-state index is 13.8. The van der Waals surface area contributed by atoms with Gasteiger partial charge in [0.25, 0.3) is 0 Å². The number of halogens is 1. The number of piperidine rings is 2. The number of nitrogens with zero attached hydrogens (tertiary/aromatic N) is 2. The highest BCUT2D eigenvalue weighted by atomic mass is 32.2. The molecule has 0 aliphatic carbocycles. The number of para-hydroxylation sites is 1.